The van der Waals surface area contributed by atoms with Crippen molar-refractivity contribution in [1.82, 2.24) is 0 Å². The molecule has 18 heteroatoms. The minimum absolute atomic E-state index is 0.0114. The molecule has 0 aromatic heterocycles. The van der Waals surface area contributed by atoms with Crippen molar-refractivity contribution in [3.05, 3.63) is 185 Å². The molecule has 0 aliphatic rings. The van der Waals surface area contributed by atoms with Gasteiger partial charge in [-0.05, 0) is 12.1 Å². The SMILES string of the molecule is C[S+](=O)(Cc1ccc(C(Cl)(Cl)Cl)cc1)c1ccccc1.FC(F)(F)c1ccc([B-](c2ccc(C(F)(F)F)cc2)(c2ccc(C(F)(F)F)cc2)c2ccc(C(F)(F)F)cc2)cc1. The Morgan fingerprint density at radius 3 is 0.918 bits per heavy atom. The van der Waals surface area contributed by atoms with E-state index in [4.69, 9.17) is 34.8 Å². The standard InChI is InChI=1S/C28H16BF12.C15H14Cl3OS/c30-25(31,32)17-1-9-21(10-2-17)29(22-11-3-18(4-12-22)26(33,34)35,23-13-5-19(6-14-23)27(36,37)38)24-15-7-20(8-16-24)28(39,40)41;1-20(19,14-5-3-2-4-6-14)11-12-7-9-13(10-8-12)15(16,17)18/h1-16H;2-10H,11H2,1H3/q-1;+1. The van der Waals surface area contributed by atoms with Crippen molar-refractivity contribution in [2.45, 2.75) is 39.1 Å². The van der Waals surface area contributed by atoms with Gasteiger partial charge >= 0.3 is 24.7 Å². The predicted octanol–water partition coefficient (Wildman–Crippen LogP) is 12.3. The summed E-state index contributed by atoms with van der Waals surface area (Å²) in [7, 11) is -2.11. The Bertz CT molecular complexity index is 2190. The van der Waals surface area contributed by atoms with Gasteiger partial charge in [-0.15, -0.1) is 0 Å². The smallest absolute Gasteiger partial charge is 0.195 e. The highest BCUT2D eigenvalue weighted by molar-refractivity contribution is 8.01. The molecule has 0 radical (unpaired) electrons. The fourth-order valence-corrected chi connectivity index (χ4v) is 9.00. The molecule has 0 fully saturated rings. The lowest BCUT2D eigenvalue weighted by Crippen LogP contribution is -2.74. The Balaban J connectivity index is 0.000000294. The van der Waals surface area contributed by atoms with Crippen LogP contribution in [0.2, 0.25) is 0 Å². The lowest BCUT2D eigenvalue weighted by molar-refractivity contribution is -0.138. The maximum absolute atomic E-state index is 13.3. The van der Waals surface area contributed by atoms with Crippen LogP contribution >= 0.6 is 34.8 Å². The number of alkyl halides is 15. The summed E-state index contributed by atoms with van der Waals surface area (Å²) in [5.74, 6) is 0.469. The summed E-state index contributed by atoms with van der Waals surface area (Å²) in [6.07, 6.45) is -20.2. The largest absolute Gasteiger partial charge is 0.416 e. The molecule has 6 rings (SSSR count). The molecule has 0 saturated carbocycles. The first-order valence-electron chi connectivity index (χ1n) is 17.7. The second-order valence-electron chi connectivity index (χ2n) is 14.0. The van der Waals surface area contributed by atoms with Gasteiger partial charge in [0.05, 0.1) is 22.3 Å². The highest BCUT2D eigenvalue weighted by atomic mass is 35.6. The molecule has 6 aromatic carbocycles. The summed E-state index contributed by atoms with van der Waals surface area (Å²) in [5.41, 5.74) is -2.73. The molecule has 0 heterocycles. The van der Waals surface area contributed by atoms with Gasteiger partial charge in [0.2, 0.25) is 3.79 Å². The Morgan fingerprint density at radius 1 is 0.410 bits per heavy atom. The third kappa shape index (κ3) is 11.3. The maximum atomic E-state index is 13.3. The van der Waals surface area contributed by atoms with E-state index < -0.39 is 66.8 Å². The zero-order valence-corrected chi connectivity index (χ0v) is 34.3. The molecule has 6 aromatic rings. The average Bonchev–Trinajstić information content (AvgIpc) is 3.18. The Morgan fingerprint density at radius 2 is 0.672 bits per heavy atom. The molecule has 61 heavy (non-hydrogen) atoms. The maximum Gasteiger partial charge on any atom is 0.416 e. The van der Waals surface area contributed by atoms with Crippen molar-refractivity contribution < 1.29 is 56.9 Å². The van der Waals surface area contributed by atoms with Crippen molar-refractivity contribution in [2.24, 2.45) is 0 Å². The molecule has 322 valence electrons. The number of benzene rings is 6. The Hall–Kier alpha value is -4.44. The summed E-state index contributed by atoms with van der Waals surface area (Å²) in [6, 6.07) is 30.2. The number of hydrogen-bond acceptors (Lipinski definition) is 1. The summed E-state index contributed by atoms with van der Waals surface area (Å²) < 4.78 is 171. The highest BCUT2D eigenvalue weighted by Crippen LogP contribution is 2.38. The van der Waals surface area contributed by atoms with E-state index >= 15 is 0 Å². The molecule has 1 atom stereocenters. The zero-order valence-electron chi connectivity index (χ0n) is 31.2. The summed E-state index contributed by atoms with van der Waals surface area (Å²) in [4.78, 5) is 0.852. The first-order chi connectivity index (χ1) is 28.1. The van der Waals surface area contributed by atoms with Crippen LogP contribution in [0.1, 0.15) is 33.4 Å². The predicted molar refractivity (Wildman–Crippen MR) is 218 cm³/mol. The summed E-state index contributed by atoms with van der Waals surface area (Å²) >= 11 is 17.4. The van der Waals surface area contributed by atoms with Crippen molar-refractivity contribution >= 4 is 72.7 Å². The van der Waals surface area contributed by atoms with E-state index in [-0.39, 0.29) is 21.9 Å². The lowest BCUT2D eigenvalue weighted by atomic mass is 9.13. The molecule has 0 aliphatic heterocycles. The highest BCUT2D eigenvalue weighted by Gasteiger charge is 2.38. The number of halogens is 15. The van der Waals surface area contributed by atoms with E-state index in [9.17, 15) is 56.9 Å². The topological polar surface area (TPSA) is 17.1 Å². The van der Waals surface area contributed by atoms with Crippen LogP contribution in [-0.4, -0.2) is 12.4 Å². The monoisotopic (exact) mass is 938 g/mol. The van der Waals surface area contributed by atoms with Crippen LogP contribution in [0.5, 0.6) is 0 Å². The minimum atomic E-state index is -4.77. The van der Waals surface area contributed by atoms with Gasteiger partial charge in [-0.25, -0.2) is 0 Å². The zero-order chi connectivity index (χ0) is 45.2. The molecule has 0 aliphatic carbocycles. The van der Waals surface area contributed by atoms with Crippen molar-refractivity contribution in [2.75, 3.05) is 6.26 Å². The van der Waals surface area contributed by atoms with Gasteiger partial charge in [0.25, 0.3) is 0 Å². The third-order valence-electron chi connectivity index (χ3n) is 9.92. The van der Waals surface area contributed by atoms with Gasteiger partial charge < -0.3 is 0 Å². The van der Waals surface area contributed by atoms with Crippen molar-refractivity contribution in [3.63, 3.8) is 0 Å². The van der Waals surface area contributed by atoms with Crippen LogP contribution in [0.4, 0.5) is 52.7 Å². The first kappa shape index (κ1) is 47.6. The van der Waals surface area contributed by atoms with Gasteiger partial charge in [-0.1, -0.05) is 179 Å². The van der Waals surface area contributed by atoms with Gasteiger partial charge in [0.1, 0.15) is 28.1 Å². The molecular weight excluding hydrogens is 910 g/mol. The van der Waals surface area contributed by atoms with Crippen LogP contribution in [-0.2, 0) is 48.4 Å². The lowest BCUT2D eigenvalue weighted by Gasteiger charge is -2.44. The number of hydrogen-bond donors (Lipinski definition) is 0. The van der Waals surface area contributed by atoms with Crippen LogP contribution < -0.4 is 21.9 Å². The van der Waals surface area contributed by atoms with Crippen LogP contribution in [0.3, 0.4) is 0 Å². The molecule has 1 unspecified atom stereocenters. The Kier molecular flexibility index (Phi) is 13.8. The van der Waals surface area contributed by atoms with Gasteiger partial charge in [-0.3, -0.25) is 0 Å². The minimum Gasteiger partial charge on any atom is -0.195 e. The average molecular weight is 940 g/mol. The number of rotatable bonds is 7. The van der Waals surface area contributed by atoms with Crippen LogP contribution in [0.25, 0.3) is 0 Å². The van der Waals surface area contributed by atoms with Crippen LogP contribution in [0, 0.1) is 0 Å². The van der Waals surface area contributed by atoms with E-state index in [1.165, 1.54) is 0 Å². The van der Waals surface area contributed by atoms with E-state index in [0.29, 0.717) is 59.8 Å². The van der Waals surface area contributed by atoms with E-state index in [2.05, 4.69) is 0 Å². The summed E-state index contributed by atoms with van der Waals surface area (Å²) in [5, 5.41) is 0. The second kappa shape index (κ2) is 17.7. The molecule has 0 N–H and O–H groups in total. The van der Waals surface area contributed by atoms with Crippen LogP contribution in [0.15, 0.2) is 157 Å². The first-order valence-corrected chi connectivity index (χ1v) is 20.9. The van der Waals surface area contributed by atoms with Gasteiger partial charge in [0, 0.05) is 11.1 Å². The third-order valence-corrected chi connectivity index (χ3v) is 12.7. The molecule has 0 amide bonds. The summed E-state index contributed by atoms with van der Waals surface area (Å²) in [6.45, 7) is 0. The second-order valence-corrected chi connectivity index (χ2v) is 19.1. The van der Waals surface area contributed by atoms with E-state index in [1.807, 2.05) is 42.5 Å². The van der Waals surface area contributed by atoms with Crippen molar-refractivity contribution in [3.8, 4) is 0 Å². The normalized spacial score (nSPS) is 13.8. The fourth-order valence-electron chi connectivity index (χ4n) is 6.90. The fraction of sp³-hybridized carbons (Fsp3) is 0.163. The van der Waals surface area contributed by atoms with E-state index in [0.717, 1.165) is 59.0 Å². The Labute approximate surface area is 358 Å². The quantitative estimate of drug-likeness (QED) is 0.0675. The molecular formula is C43H30BCl3F12OS. The molecule has 0 bridgehead atoms. The van der Waals surface area contributed by atoms with Gasteiger partial charge in [-0.2, -0.15) is 74.5 Å². The molecule has 0 saturated heterocycles. The molecule has 0 spiro atoms. The van der Waals surface area contributed by atoms with E-state index in [1.54, 1.807) is 18.4 Å². The molecule has 1 nitrogen and oxygen atoms in total. The van der Waals surface area contributed by atoms with Gasteiger partial charge in [0.15, 0.2) is 4.90 Å². The van der Waals surface area contributed by atoms with Crippen molar-refractivity contribution in [1.29, 1.82) is 0 Å².